The van der Waals surface area contributed by atoms with Crippen LogP contribution in [0.1, 0.15) is 16.1 Å². The molecule has 0 saturated heterocycles. The van der Waals surface area contributed by atoms with Gasteiger partial charge in [0, 0.05) is 12.3 Å². The van der Waals surface area contributed by atoms with E-state index in [1.54, 1.807) is 6.07 Å². The Balaban J connectivity index is 3.08. The van der Waals surface area contributed by atoms with Crippen LogP contribution in [-0.2, 0) is 0 Å². The molecular weight excluding hydrogens is 204 g/mol. The van der Waals surface area contributed by atoms with Gasteiger partial charge >= 0.3 is 5.97 Å². The van der Waals surface area contributed by atoms with Crippen LogP contribution >= 0.6 is 11.6 Å². The fourth-order valence-corrected chi connectivity index (χ4v) is 1.09. The van der Waals surface area contributed by atoms with Gasteiger partial charge in [-0.3, -0.25) is 0 Å². The molecule has 5 heteroatoms. The third-order valence-electron chi connectivity index (χ3n) is 1.42. The quantitative estimate of drug-likeness (QED) is 0.754. The Hall–Kier alpha value is -1.86. The van der Waals surface area contributed by atoms with Crippen LogP contribution in [0.25, 0.3) is 6.08 Å². The summed E-state index contributed by atoms with van der Waals surface area (Å²) in [6, 6.07) is 3.24. The summed E-state index contributed by atoms with van der Waals surface area (Å²) in [6.45, 7) is 0. The first-order valence-electron chi connectivity index (χ1n) is 3.60. The molecule has 0 amide bonds. The fraction of sp³-hybridized carbons (Fsp3) is 0. The number of pyridine rings is 1. The molecule has 70 valence electrons. The molecule has 1 aromatic rings. The lowest BCUT2D eigenvalue weighted by molar-refractivity contribution is 0.0690. The van der Waals surface area contributed by atoms with Crippen molar-refractivity contribution >= 4 is 23.6 Å². The van der Waals surface area contributed by atoms with Crippen molar-refractivity contribution in [2.45, 2.75) is 0 Å². The van der Waals surface area contributed by atoms with Crippen molar-refractivity contribution in [2.24, 2.45) is 0 Å². The second-order valence-corrected chi connectivity index (χ2v) is 2.77. The van der Waals surface area contributed by atoms with Crippen molar-refractivity contribution in [1.82, 2.24) is 4.98 Å². The lowest BCUT2D eigenvalue weighted by Crippen LogP contribution is -2.00. The normalized spacial score (nSPS) is 10.0. The first kappa shape index (κ1) is 10.2. The van der Waals surface area contributed by atoms with E-state index < -0.39 is 5.97 Å². The molecule has 0 bridgehead atoms. The van der Waals surface area contributed by atoms with E-state index in [0.717, 1.165) is 0 Å². The zero-order valence-electron chi connectivity index (χ0n) is 6.94. The fourth-order valence-electron chi connectivity index (χ4n) is 0.835. The lowest BCUT2D eigenvalue weighted by atomic mass is 10.2. The minimum Gasteiger partial charge on any atom is -0.476 e. The number of nitriles is 1. The summed E-state index contributed by atoms with van der Waals surface area (Å²) in [7, 11) is 0. The van der Waals surface area contributed by atoms with Gasteiger partial charge in [-0.05, 0) is 17.7 Å². The second-order valence-electron chi connectivity index (χ2n) is 2.37. The highest BCUT2D eigenvalue weighted by Gasteiger charge is 2.09. The molecule has 0 aliphatic heterocycles. The smallest absolute Gasteiger partial charge is 0.356 e. The molecule has 0 aromatic carbocycles. The molecule has 0 unspecified atom stereocenters. The SMILES string of the molecule is N#CC=Cc1cnc(C(=O)O)c(Cl)c1. The van der Waals surface area contributed by atoms with Crippen molar-refractivity contribution in [1.29, 1.82) is 5.26 Å². The van der Waals surface area contributed by atoms with Gasteiger partial charge in [-0.15, -0.1) is 0 Å². The van der Waals surface area contributed by atoms with Gasteiger partial charge in [0.2, 0.25) is 0 Å². The minimum atomic E-state index is -1.18. The highest BCUT2D eigenvalue weighted by atomic mass is 35.5. The van der Waals surface area contributed by atoms with E-state index >= 15 is 0 Å². The predicted molar refractivity (Wildman–Crippen MR) is 50.9 cm³/mol. The Bertz CT molecular complexity index is 435. The number of hydrogen-bond acceptors (Lipinski definition) is 3. The molecule has 0 fully saturated rings. The molecule has 0 aliphatic carbocycles. The van der Waals surface area contributed by atoms with Crippen molar-refractivity contribution in [3.8, 4) is 6.07 Å². The molecule has 4 nitrogen and oxygen atoms in total. The first-order valence-corrected chi connectivity index (χ1v) is 3.98. The average Bonchev–Trinajstić information content (AvgIpc) is 2.14. The maximum absolute atomic E-state index is 10.5. The highest BCUT2D eigenvalue weighted by Crippen LogP contribution is 2.15. The number of carboxylic acid groups (broad SMARTS) is 1. The Labute approximate surface area is 85.1 Å². The molecule has 0 aliphatic rings. The molecule has 0 spiro atoms. The number of aromatic nitrogens is 1. The van der Waals surface area contributed by atoms with Gasteiger partial charge in [0.1, 0.15) is 0 Å². The molecule has 0 saturated carbocycles. The molecule has 0 radical (unpaired) electrons. The number of rotatable bonds is 2. The van der Waals surface area contributed by atoms with Crippen LogP contribution in [0, 0.1) is 11.3 Å². The zero-order chi connectivity index (χ0) is 10.6. The van der Waals surface area contributed by atoms with Crippen molar-refractivity contribution in [2.75, 3.05) is 0 Å². The first-order chi connectivity index (χ1) is 6.65. The van der Waals surface area contributed by atoms with E-state index in [1.807, 2.05) is 0 Å². The number of halogens is 1. The third kappa shape index (κ3) is 2.31. The van der Waals surface area contributed by atoms with Crippen LogP contribution in [-0.4, -0.2) is 16.1 Å². The molecule has 1 aromatic heterocycles. The third-order valence-corrected chi connectivity index (χ3v) is 1.70. The van der Waals surface area contributed by atoms with Crippen LogP contribution in [0.4, 0.5) is 0 Å². The van der Waals surface area contributed by atoms with E-state index in [0.29, 0.717) is 5.56 Å². The van der Waals surface area contributed by atoms with Crippen LogP contribution in [0.5, 0.6) is 0 Å². The Morgan fingerprint density at radius 3 is 2.93 bits per heavy atom. The van der Waals surface area contributed by atoms with Gasteiger partial charge in [-0.2, -0.15) is 5.26 Å². The molecule has 1 N–H and O–H groups in total. The van der Waals surface area contributed by atoms with Gasteiger partial charge < -0.3 is 5.11 Å². The van der Waals surface area contributed by atoms with E-state index in [2.05, 4.69) is 4.98 Å². The lowest BCUT2D eigenvalue weighted by Gasteiger charge is -1.98. The number of carbonyl (C=O) groups is 1. The summed E-state index contributed by atoms with van der Waals surface area (Å²) in [5.41, 5.74) is 0.391. The Morgan fingerprint density at radius 2 is 2.43 bits per heavy atom. The molecular formula is C9H5ClN2O2. The van der Waals surface area contributed by atoms with E-state index in [4.69, 9.17) is 22.0 Å². The second kappa shape index (κ2) is 4.40. The van der Waals surface area contributed by atoms with Crippen molar-refractivity contribution in [3.63, 3.8) is 0 Å². The average molecular weight is 209 g/mol. The summed E-state index contributed by atoms with van der Waals surface area (Å²) < 4.78 is 0. The van der Waals surface area contributed by atoms with E-state index in [1.165, 1.54) is 24.4 Å². The Kier molecular flexibility index (Phi) is 3.21. The topological polar surface area (TPSA) is 74.0 Å². The van der Waals surface area contributed by atoms with Crippen LogP contribution in [0.15, 0.2) is 18.3 Å². The van der Waals surface area contributed by atoms with Gasteiger partial charge in [0.15, 0.2) is 5.69 Å². The van der Waals surface area contributed by atoms with E-state index in [9.17, 15) is 4.79 Å². The molecule has 1 heterocycles. The zero-order valence-corrected chi connectivity index (χ0v) is 7.69. The number of aromatic carboxylic acids is 1. The van der Waals surface area contributed by atoms with Gasteiger partial charge in [0.25, 0.3) is 0 Å². The summed E-state index contributed by atoms with van der Waals surface area (Å²) in [4.78, 5) is 14.2. The molecule has 0 atom stereocenters. The largest absolute Gasteiger partial charge is 0.476 e. The molecule has 1 rings (SSSR count). The summed E-state index contributed by atoms with van der Waals surface area (Å²) >= 11 is 5.64. The summed E-state index contributed by atoms with van der Waals surface area (Å²) in [5, 5.41) is 16.9. The van der Waals surface area contributed by atoms with E-state index in [-0.39, 0.29) is 10.7 Å². The van der Waals surface area contributed by atoms with Gasteiger partial charge in [0.05, 0.1) is 11.1 Å². The number of carboxylic acids is 1. The summed E-state index contributed by atoms with van der Waals surface area (Å²) in [6.07, 6.45) is 4.08. The predicted octanol–water partition coefficient (Wildman–Crippen LogP) is 1.97. The van der Waals surface area contributed by atoms with Crippen LogP contribution < -0.4 is 0 Å². The standard InChI is InChI=1S/C9H5ClN2O2/c10-7-4-6(2-1-3-11)5-12-8(7)9(13)14/h1-2,4-5H,(H,13,14). The molecule has 14 heavy (non-hydrogen) atoms. The van der Waals surface area contributed by atoms with Crippen LogP contribution in [0.3, 0.4) is 0 Å². The summed E-state index contributed by atoms with van der Waals surface area (Å²) in [5.74, 6) is -1.18. The number of hydrogen-bond donors (Lipinski definition) is 1. The number of allylic oxidation sites excluding steroid dienone is 1. The van der Waals surface area contributed by atoms with Crippen molar-refractivity contribution in [3.05, 3.63) is 34.6 Å². The minimum absolute atomic E-state index is 0.0533. The maximum atomic E-state index is 10.5. The van der Waals surface area contributed by atoms with Crippen LogP contribution in [0.2, 0.25) is 5.02 Å². The highest BCUT2D eigenvalue weighted by molar-refractivity contribution is 6.33. The Morgan fingerprint density at radius 1 is 1.71 bits per heavy atom. The maximum Gasteiger partial charge on any atom is 0.356 e. The van der Waals surface area contributed by atoms with Gasteiger partial charge in [-0.1, -0.05) is 11.6 Å². The number of nitrogens with zero attached hydrogens (tertiary/aromatic N) is 2. The van der Waals surface area contributed by atoms with Crippen molar-refractivity contribution < 1.29 is 9.90 Å². The monoisotopic (exact) mass is 208 g/mol. The van der Waals surface area contributed by atoms with Gasteiger partial charge in [-0.25, -0.2) is 9.78 Å².